The quantitative estimate of drug-likeness (QED) is 0.888. The lowest BCUT2D eigenvalue weighted by atomic mass is 10.2. The van der Waals surface area contributed by atoms with E-state index in [1.165, 1.54) is 30.6 Å². The van der Waals surface area contributed by atoms with E-state index in [-0.39, 0.29) is 6.03 Å². The fraction of sp³-hybridized carbons (Fsp3) is 0.643. The topological polar surface area (TPSA) is 32.3 Å². The Kier molecular flexibility index (Phi) is 3.55. The van der Waals surface area contributed by atoms with Gasteiger partial charge in [-0.1, -0.05) is 18.9 Å². The smallest absolute Gasteiger partial charge is 0.318 e. The molecule has 0 atom stereocenters. The van der Waals surface area contributed by atoms with Crippen molar-refractivity contribution in [1.29, 1.82) is 0 Å². The van der Waals surface area contributed by atoms with Crippen LogP contribution in [-0.2, 0) is 6.54 Å². The number of thiophene rings is 1. The summed E-state index contributed by atoms with van der Waals surface area (Å²) in [4.78, 5) is 15.6. The Bertz CT molecular complexity index is 394. The van der Waals surface area contributed by atoms with Crippen LogP contribution in [0.15, 0.2) is 17.5 Å². The second-order valence-electron chi connectivity index (χ2n) is 5.37. The third-order valence-electron chi connectivity index (χ3n) is 3.84. The van der Waals surface area contributed by atoms with Gasteiger partial charge in [-0.3, -0.25) is 0 Å². The number of carbonyl (C=O) groups excluding carboxylic acids is 1. The van der Waals surface area contributed by atoms with Crippen molar-refractivity contribution in [1.82, 2.24) is 10.2 Å². The molecule has 1 aromatic heterocycles. The van der Waals surface area contributed by atoms with E-state index in [0.29, 0.717) is 12.1 Å². The molecule has 1 heterocycles. The normalized spacial score (nSPS) is 20.0. The van der Waals surface area contributed by atoms with E-state index < -0.39 is 0 Å². The third kappa shape index (κ3) is 2.86. The predicted molar refractivity (Wildman–Crippen MR) is 73.7 cm³/mol. The van der Waals surface area contributed by atoms with Gasteiger partial charge >= 0.3 is 6.03 Å². The molecule has 0 saturated heterocycles. The molecule has 1 aromatic rings. The Labute approximate surface area is 112 Å². The monoisotopic (exact) mass is 264 g/mol. The Hall–Kier alpha value is -1.03. The van der Waals surface area contributed by atoms with Gasteiger partial charge in [-0.15, -0.1) is 11.3 Å². The van der Waals surface area contributed by atoms with Crippen LogP contribution < -0.4 is 5.32 Å². The molecule has 0 bridgehead atoms. The number of urea groups is 1. The molecule has 2 aliphatic carbocycles. The molecule has 0 aromatic carbocycles. The van der Waals surface area contributed by atoms with Crippen molar-refractivity contribution < 1.29 is 4.79 Å². The van der Waals surface area contributed by atoms with Crippen LogP contribution in [0.5, 0.6) is 0 Å². The van der Waals surface area contributed by atoms with Gasteiger partial charge in [0.25, 0.3) is 0 Å². The average molecular weight is 264 g/mol. The van der Waals surface area contributed by atoms with Crippen LogP contribution in [0.3, 0.4) is 0 Å². The molecule has 2 amide bonds. The van der Waals surface area contributed by atoms with E-state index in [4.69, 9.17) is 0 Å². The molecule has 98 valence electrons. The van der Waals surface area contributed by atoms with Crippen molar-refractivity contribution >= 4 is 17.4 Å². The highest BCUT2D eigenvalue weighted by atomic mass is 32.1. The minimum Gasteiger partial charge on any atom is -0.335 e. The Balaban J connectivity index is 1.60. The zero-order valence-corrected chi connectivity index (χ0v) is 11.4. The zero-order valence-electron chi connectivity index (χ0n) is 10.6. The summed E-state index contributed by atoms with van der Waals surface area (Å²) in [5.74, 6) is 0. The maximum atomic E-state index is 12.3. The van der Waals surface area contributed by atoms with E-state index in [9.17, 15) is 4.79 Å². The predicted octanol–water partition coefficient (Wildman–Crippen LogP) is 3.36. The number of hydrogen-bond donors (Lipinski definition) is 1. The number of carbonyl (C=O) groups is 1. The highest BCUT2D eigenvalue weighted by Gasteiger charge is 2.33. The first-order valence-electron chi connectivity index (χ1n) is 6.92. The second kappa shape index (κ2) is 5.31. The van der Waals surface area contributed by atoms with Gasteiger partial charge in [0, 0.05) is 17.0 Å². The third-order valence-corrected chi connectivity index (χ3v) is 4.70. The van der Waals surface area contributed by atoms with Gasteiger partial charge in [0.2, 0.25) is 0 Å². The van der Waals surface area contributed by atoms with Gasteiger partial charge in [-0.2, -0.15) is 0 Å². The summed E-state index contributed by atoms with van der Waals surface area (Å²) < 4.78 is 0. The lowest BCUT2D eigenvalue weighted by molar-refractivity contribution is 0.188. The molecule has 0 spiro atoms. The first-order chi connectivity index (χ1) is 8.83. The van der Waals surface area contributed by atoms with E-state index >= 15 is 0 Å². The van der Waals surface area contributed by atoms with E-state index in [0.717, 1.165) is 19.4 Å². The van der Waals surface area contributed by atoms with Crippen LogP contribution >= 0.6 is 11.3 Å². The van der Waals surface area contributed by atoms with Crippen molar-refractivity contribution in [2.75, 3.05) is 0 Å². The molecule has 2 aliphatic rings. The standard InChI is InChI=1S/C14H20N2OS/c17-14(15-11-4-1-2-5-11)16(12-7-8-12)10-13-6-3-9-18-13/h3,6,9,11-12H,1-2,4-5,7-8,10H2,(H,15,17). The molecule has 3 nitrogen and oxygen atoms in total. The van der Waals surface area contributed by atoms with Crippen LogP contribution in [0, 0.1) is 0 Å². The highest BCUT2D eigenvalue weighted by Crippen LogP contribution is 2.29. The van der Waals surface area contributed by atoms with Crippen LogP contribution in [0.25, 0.3) is 0 Å². The summed E-state index contributed by atoms with van der Waals surface area (Å²) in [6.07, 6.45) is 7.18. The van der Waals surface area contributed by atoms with Crippen molar-refractivity contribution in [3.8, 4) is 0 Å². The fourth-order valence-electron chi connectivity index (χ4n) is 2.65. The summed E-state index contributed by atoms with van der Waals surface area (Å²) in [7, 11) is 0. The Morgan fingerprint density at radius 3 is 2.72 bits per heavy atom. The van der Waals surface area contributed by atoms with Gasteiger partial charge in [-0.05, 0) is 37.1 Å². The first kappa shape index (κ1) is 12.0. The number of nitrogens with zero attached hydrogens (tertiary/aromatic N) is 1. The van der Waals surface area contributed by atoms with Crippen LogP contribution in [0.4, 0.5) is 4.79 Å². The van der Waals surface area contributed by atoms with Crippen molar-refractivity contribution in [2.45, 2.75) is 57.2 Å². The summed E-state index contributed by atoms with van der Waals surface area (Å²) in [5, 5.41) is 5.28. The summed E-state index contributed by atoms with van der Waals surface area (Å²) >= 11 is 1.73. The van der Waals surface area contributed by atoms with E-state index in [1.54, 1.807) is 11.3 Å². The van der Waals surface area contributed by atoms with E-state index in [2.05, 4.69) is 22.8 Å². The Morgan fingerprint density at radius 2 is 2.11 bits per heavy atom. The average Bonchev–Trinajstić information content (AvgIpc) is 2.87. The minimum absolute atomic E-state index is 0.151. The maximum absolute atomic E-state index is 12.3. The van der Waals surface area contributed by atoms with Crippen molar-refractivity contribution in [3.63, 3.8) is 0 Å². The van der Waals surface area contributed by atoms with Gasteiger partial charge < -0.3 is 10.2 Å². The van der Waals surface area contributed by atoms with Crippen LogP contribution in [0.1, 0.15) is 43.4 Å². The molecule has 0 unspecified atom stereocenters. The lowest BCUT2D eigenvalue weighted by Gasteiger charge is -2.24. The largest absolute Gasteiger partial charge is 0.335 e. The summed E-state index contributed by atoms with van der Waals surface area (Å²) in [6, 6.07) is 5.22. The van der Waals surface area contributed by atoms with Gasteiger partial charge in [0.05, 0.1) is 6.54 Å². The van der Waals surface area contributed by atoms with Gasteiger partial charge in [0.1, 0.15) is 0 Å². The van der Waals surface area contributed by atoms with Crippen molar-refractivity contribution in [3.05, 3.63) is 22.4 Å². The summed E-state index contributed by atoms with van der Waals surface area (Å²) in [6.45, 7) is 0.779. The first-order valence-corrected chi connectivity index (χ1v) is 7.80. The van der Waals surface area contributed by atoms with Crippen LogP contribution in [0.2, 0.25) is 0 Å². The summed E-state index contributed by atoms with van der Waals surface area (Å²) in [5.41, 5.74) is 0. The minimum atomic E-state index is 0.151. The number of amides is 2. The molecule has 3 rings (SSSR count). The molecule has 18 heavy (non-hydrogen) atoms. The molecule has 4 heteroatoms. The number of hydrogen-bond acceptors (Lipinski definition) is 2. The molecular formula is C14H20N2OS. The zero-order chi connectivity index (χ0) is 12.4. The SMILES string of the molecule is O=C(NC1CCCC1)N(Cc1cccs1)C1CC1. The second-order valence-corrected chi connectivity index (χ2v) is 6.40. The number of nitrogens with one attached hydrogen (secondary N) is 1. The molecule has 0 radical (unpaired) electrons. The molecule has 1 N–H and O–H groups in total. The molecule has 2 fully saturated rings. The lowest BCUT2D eigenvalue weighted by Crippen LogP contribution is -2.44. The maximum Gasteiger partial charge on any atom is 0.318 e. The van der Waals surface area contributed by atoms with Gasteiger partial charge in [-0.25, -0.2) is 4.79 Å². The highest BCUT2D eigenvalue weighted by molar-refractivity contribution is 7.09. The van der Waals surface area contributed by atoms with Gasteiger partial charge in [0.15, 0.2) is 0 Å². The van der Waals surface area contributed by atoms with Crippen molar-refractivity contribution in [2.24, 2.45) is 0 Å². The molecular weight excluding hydrogens is 244 g/mol. The fourth-order valence-corrected chi connectivity index (χ4v) is 3.35. The molecule has 2 saturated carbocycles. The number of rotatable bonds is 4. The van der Waals surface area contributed by atoms with Crippen LogP contribution in [-0.4, -0.2) is 23.0 Å². The Morgan fingerprint density at radius 1 is 1.33 bits per heavy atom. The molecule has 0 aliphatic heterocycles. The van der Waals surface area contributed by atoms with E-state index in [1.807, 2.05) is 4.90 Å².